The van der Waals surface area contributed by atoms with Gasteiger partial charge in [-0.15, -0.1) is 0 Å². The van der Waals surface area contributed by atoms with Crippen molar-refractivity contribution in [1.29, 1.82) is 0 Å². The third kappa shape index (κ3) is 4.46. The number of piperidine rings is 1. The Hall–Kier alpha value is -4.21. The zero-order chi connectivity index (χ0) is 24.4. The van der Waals surface area contributed by atoms with Crippen molar-refractivity contribution < 1.29 is 23.2 Å². The highest BCUT2D eigenvalue weighted by molar-refractivity contribution is 5.98. The number of fused-ring (bicyclic) bond motifs is 1. The summed E-state index contributed by atoms with van der Waals surface area (Å²) in [6.45, 7) is 1.19. The molecule has 0 aliphatic carbocycles. The van der Waals surface area contributed by atoms with Gasteiger partial charge in [-0.25, -0.2) is 9.37 Å². The van der Waals surface area contributed by atoms with Gasteiger partial charge in [-0.05, 0) is 49.2 Å². The first-order valence-corrected chi connectivity index (χ1v) is 11.2. The molecule has 0 unspecified atom stereocenters. The van der Waals surface area contributed by atoms with Crippen LogP contribution in [0.25, 0.3) is 22.4 Å². The summed E-state index contributed by atoms with van der Waals surface area (Å²) in [6.07, 6.45) is 2.98. The zero-order valence-electron chi connectivity index (χ0n) is 19.3. The lowest BCUT2D eigenvalue weighted by Crippen LogP contribution is -2.41. The largest absolute Gasteiger partial charge is 0.493 e. The number of ether oxygens (including phenoxy) is 2. The quantitative estimate of drug-likeness (QED) is 0.439. The van der Waals surface area contributed by atoms with Gasteiger partial charge in [-0.1, -0.05) is 5.16 Å². The third-order valence-electron chi connectivity index (χ3n) is 6.11. The molecular weight excluding hydrogens is 453 g/mol. The Bertz CT molecular complexity index is 1360. The second-order valence-electron chi connectivity index (χ2n) is 8.26. The van der Waals surface area contributed by atoms with Crippen LogP contribution in [0.5, 0.6) is 11.5 Å². The van der Waals surface area contributed by atoms with E-state index >= 15 is 0 Å². The fraction of sp³-hybridized carbons (Fsp3) is 0.280. The average molecular weight is 477 g/mol. The van der Waals surface area contributed by atoms with Crippen molar-refractivity contribution in [3.63, 3.8) is 0 Å². The van der Waals surface area contributed by atoms with E-state index < -0.39 is 0 Å². The Balaban J connectivity index is 1.39. The van der Waals surface area contributed by atoms with Gasteiger partial charge in [0.25, 0.3) is 5.71 Å². The Labute approximate surface area is 200 Å². The molecule has 1 fully saturated rings. The maximum atomic E-state index is 13.4. The first-order valence-electron chi connectivity index (χ1n) is 11.2. The fourth-order valence-electron chi connectivity index (χ4n) is 4.36. The molecule has 2 aromatic carbocycles. The number of aromatic nitrogens is 3. The molecule has 35 heavy (non-hydrogen) atoms. The summed E-state index contributed by atoms with van der Waals surface area (Å²) in [4.78, 5) is 23.9. The van der Waals surface area contributed by atoms with Crippen LogP contribution in [0, 0.1) is 11.7 Å². The molecule has 1 N–H and O–H groups in total. The fourth-order valence-corrected chi connectivity index (χ4v) is 4.36. The van der Waals surface area contributed by atoms with Gasteiger partial charge in [0.05, 0.1) is 20.1 Å². The second kappa shape index (κ2) is 9.57. The molecule has 0 saturated carbocycles. The topological polar surface area (TPSA) is 103 Å². The standard InChI is InChI=1S/C25H24FN5O4/c1-33-19-10-9-18(12-20(19)34-2)29-24(32)16-4-3-11-31(13-16)23-21-22(15-5-7-17(26)8-6-15)30-35-25(21)28-14-27-23/h5-10,12,14,16H,3-4,11,13H2,1-2H3,(H,29,32)/t16-/m0/s1. The lowest BCUT2D eigenvalue weighted by Gasteiger charge is -2.33. The van der Waals surface area contributed by atoms with Crippen LogP contribution in [-0.2, 0) is 4.79 Å². The first kappa shape index (κ1) is 22.6. The molecule has 1 aliphatic rings. The van der Waals surface area contributed by atoms with Crippen molar-refractivity contribution in [3.8, 4) is 22.8 Å². The molecule has 4 aromatic rings. The summed E-state index contributed by atoms with van der Waals surface area (Å²) < 4.78 is 29.5. The van der Waals surface area contributed by atoms with E-state index in [2.05, 4.69) is 25.3 Å². The van der Waals surface area contributed by atoms with Gasteiger partial charge in [0, 0.05) is 30.4 Å². The van der Waals surface area contributed by atoms with E-state index in [0.29, 0.717) is 51.9 Å². The normalized spacial score (nSPS) is 15.7. The first-order chi connectivity index (χ1) is 17.1. The van der Waals surface area contributed by atoms with E-state index in [1.165, 1.54) is 18.5 Å². The summed E-state index contributed by atoms with van der Waals surface area (Å²) in [6, 6.07) is 11.3. The van der Waals surface area contributed by atoms with E-state index in [1.54, 1.807) is 44.6 Å². The van der Waals surface area contributed by atoms with Crippen molar-refractivity contribution in [1.82, 2.24) is 15.1 Å². The molecule has 0 spiro atoms. The maximum absolute atomic E-state index is 13.4. The predicted molar refractivity (Wildman–Crippen MR) is 128 cm³/mol. The van der Waals surface area contributed by atoms with Crippen LogP contribution in [0.3, 0.4) is 0 Å². The molecular formula is C25H24FN5O4. The van der Waals surface area contributed by atoms with Crippen LogP contribution < -0.4 is 19.7 Å². The van der Waals surface area contributed by atoms with Gasteiger partial charge in [0.2, 0.25) is 5.91 Å². The van der Waals surface area contributed by atoms with Crippen molar-refractivity contribution >= 4 is 28.5 Å². The van der Waals surface area contributed by atoms with Gasteiger partial charge in [0.1, 0.15) is 29.0 Å². The minimum Gasteiger partial charge on any atom is -0.493 e. The number of nitrogens with zero attached hydrogens (tertiary/aromatic N) is 4. The van der Waals surface area contributed by atoms with Crippen LogP contribution >= 0.6 is 0 Å². The number of carbonyl (C=O) groups excluding carboxylic acids is 1. The maximum Gasteiger partial charge on any atom is 0.263 e. The van der Waals surface area contributed by atoms with Gasteiger partial charge in [0.15, 0.2) is 11.5 Å². The minimum atomic E-state index is -0.336. The molecule has 1 amide bonds. The van der Waals surface area contributed by atoms with Crippen LogP contribution in [0.15, 0.2) is 53.3 Å². The molecule has 0 radical (unpaired) electrons. The monoisotopic (exact) mass is 477 g/mol. The van der Waals surface area contributed by atoms with Gasteiger partial charge in [-0.2, -0.15) is 4.98 Å². The molecule has 9 nitrogen and oxygen atoms in total. The van der Waals surface area contributed by atoms with Crippen molar-refractivity contribution in [2.75, 3.05) is 37.5 Å². The molecule has 1 saturated heterocycles. The number of halogens is 1. The van der Waals surface area contributed by atoms with Crippen molar-refractivity contribution in [2.24, 2.45) is 5.92 Å². The Morgan fingerprint density at radius 2 is 1.91 bits per heavy atom. The Morgan fingerprint density at radius 3 is 2.69 bits per heavy atom. The summed E-state index contributed by atoms with van der Waals surface area (Å²) in [5.41, 5.74) is 2.20. The number of rotatable bonds is 6. The SMILES string of the molecule is COc1ccc(NC(=O)[C@H]2CCCN(c3ncnc4onc(-c5ccc(F)cc5)c34)C2)cc1OC. The Morgan fingerprint density at radius 1 is 1.11 bits per heavy atom. The van der Waals surface area contributed by atoms with E-state index in [4.69, 9.17) is 14.0 Å². The number of carbonyl (C=O) groups is 1. The summed E-state index contributed by atoms with van der Waals surface area (Å²) >= 11 is 0. The summed E-state index contributed by atoms with van der Waals surface area (Å²) in [5.74, 6) is 1.09. The number of methoxy groups -OCH3 is 2. The molecule has 3 heterocycles. The molecule has 5 rings (SSSR count). The van der Waals surface area contributed by atoms with E-state index in [0.717, 1.165) is 19.4 Å². The lowest BCUT2D eigenvalue weighted by molar-refractivity contribution is -0.120. The molecule has 10 heteroatoms. The third-order valence-corrected chi connectivity index (χ3v) is 6.11. The van der Waals surface area contributed by atoms with Gasteiger partial charge in [-0.3, -0.25) is 4.79 Å². The average Bonchev–Trinajstić information content (AvgIpc) is 3.33. The van der Waals surface area contributed by atoms with Crippen LogP contribution in [-0.4, -0.2) is 48.3 Å². The smallest absolute Gasteiger partial charge is 0.263 e. The Kier molecular flexibility index (Phi) is 6.17. The van der Waals surface area contributed by atoms with Crippen LogP contribution in [0.1, 0.15) is 12.8 Å². The van der Waals surface area contributed by atoms with Crippen molar-refractivity contribution in [2.45, 2.75) is 12.8 Å². The molecule has 2 aromatic heterocycles. The number of hydrogen-bond donors (Lipinski definition) is 1. The molecule has 1 atom stereocenters. The van der Waals surface area contributed by atoms with E-state index in [9.17, 15) is 9.18 Å². The summed E-state index contributed by atoms with van der Waals surface area (Å²) in [5, 5.41) is 7.79. The highest BCUT2D eigenvalue weighted by atomic mass is 19.1. The molecule has 1 aliphatic heterocycles. The zero-order valence-corrected chi connectivity index (χ0v) is 19.3. The van der Waals surface area contributed by atoms with Crippen LogP contribution in [0.4, 0.5) is 15.9 Å². The minimum absolute atomic E-state index is 0.0868. The van der Waals surface area contributed by atoms with E-state index in [-0.39, 0.29) is 17.6 Å². The van der Waals surface area contributed by atoms with Crippen LogP contribution in [0.2, 0.25) is 0 Å². The number of nitrogens with one attached hydrogen (secondary N) is 1. The van der Waals surface area contributed by atoms with Gasteiger partial charge >= 0.3 is 0 Å². The number of hydrogen-bond acceptors (Lipinski definition) is 8. The molecule has 0 bridgehead atoms. The second-order valence-corrected chi connectivity index (χ2v) is 8.26. The lowest BCUT2D eigenvalue weighted by atomic mass is 9.96. The molecule has 180 valence electrons. The summed E-state index contributed by atoms with van der Waals surface area (Å²) in [7, 11) is 3.11. The number of amides is 1. The highest BCUT2D eigenvalue weighted by Gasteiger charge is 2.29. The predicted octanol–water partition coefficient (Wildman–Crippen LogP) is 4.30. The van der Waals surface area contributed by atoms with Crippen molar-refractivity contribution in [3.05, 3.63) is 54.6 Å². The van der Waals surface area contributed by atoms with Gasteiger partial charge < -0.3 is 24.2 Å². The number of benzene rings is 2. The number of anilines is 2. The van der Waals surface area contributed by atoms with E-state index in [1.807, 2.05) is 0 Å². The highest BCUT2D eigenvalue weighted by Crippen LogP contribution is 2.35.